The van der Waals surface area contributed by atoms with Crippen LogP contribution in [0.25, 0.3) is 11.1 Å². The summed E-state index contributed by atoms with van der Waals surface area (Å²) in [5.74, 6) is -0.520. The van der Waals surface area contributed by atoms with E-state index < -0.39 is 5.95 Å². The van der Waals surface area contributed by atoms with Crippen molar-refractivity contribution in [3.63, 3.8) is 0 Å². The minimum atomic E-state index is -0.670. The first-order valence-corrected chi connectivity index (χ1v) is 6.01. The van der Waals surface area contributed by atoms with Gasteiger partial charge in [-0.15, -0.1) is 0 Å². The van der Waals surface area contributed by atoms with E-state index in [-0.39, 0.29) is 5.88 Å². The lowest BCUT2D eigenvalue weighted by atomic mass is 10.1. The Morgan fingerprint density at radius 3 is 2.50 bits per heavy atom. The number of aromatic nitrogens is 1. The number of hydrogen-bond donors (Lipinski definition) is 0. The van der Waals surface area contributed by atoms with Crippen molar-refractivity contribution in [2.45, 2.75) is 0 Å². The minimum absolute atomic E-state index is 0.150. The van der Waals surface area contributed by atoms with Gasteiger partial charge in [-0.3, -0.25) is 0 Å². The van der Waals surface area contributed by atoms with Crippen molar-refractivity contribution < 1.29 is 9.13 Å². The van der Waals surface area contributed by atoms with Crippen molar-refractivity contribution in [1.29, 1.82) is 0 Å². The third-order valence-electron chi connectivity index (χ3n) is 2.28. The molecule has 0 radical (unpaired) electrons. The number of hydrogen-bond acceptors (Lipinski definition) is 2. The molecule has 0 aliphatic heterocycles. The molecule has 94 valence electrons. The molecule has 0 saturated heterocycles. The van der Waals surface area contributed by atoms with Crippen molar-refractivity contribution in [3.05, 3.63) is 45.3 Å². The summed E-state index contributed by atoms with van der Waals surface area (Å²) >= 11 is 17.9. The predicted octanol–water partition coefficient (Wildman–Crippen LogP) is 4.86. The van der Waals surface area contributed by atoms with Gasteiger partial charge in [-0.2, -0.15) is 9.37 Å². The molecule has 0 saturated carbocycles. The average Bonchev–Trinajstić information content (AvgIpc) is 2.32. The first kappa shape index (κ1) is 13.4. The number of halogens is 4. The second-order valence-corrected chi connectivity index (χ2v) is 4.69. The minimum Gasteiger partial charge on any atom is -0.481 e. The molecule has 1 heterocycles. The molecule has 0 amide bonds. The van der Waals surface area contributed by atoms with Gasteiger partial charge in [0.2, 0.25) is 11.8 Å². The summed E-state index contributed by atoms with van der Waals surface area (Å²) in [6.07, 6.45) is 0. The number of benzene rings is 1. The van der Waals surface area contributed by atoms with Crippen LogP contribution in [-0.2, 0) is 0 Å². The van der Waals surface area contributed by atoms with Crippen LogP contribution in [0.1, 0.15) is 0 Å². The summed E-state index contributed by atoms with van der Waals surface area (Å²) in [4.78, 5) is 3.55. The maximum atomic E-state index is 13.3. The van der Waals surface area contributed by atoms with E-state index in [0.717, 1.165) is 0 Å². The standard InChI is InChI=1S/C12H7Cl3FNO/c1-18-11-3-6(2-10(16)17-11)8-4-7(13)5-9(14)12(8)15/h2-5H,1H3. The van der Waals surface area contributed by atoms with Gasteiger partial charge in [0, 0.05) is 22.7 Å². The zero-order valence-electron chi connectivity index (χ0n) is 9.18. The second-order valence-electron chi connectivity index (χ2n) is 3.47. The highest BCUT2D eigenvalue weighted by Gasteiger charge is 2.12. The average molecular weight is 307 g/mol. The van der Waals surface area contributed by atoms with Gasteiger partial charge in [0.05, 0.1) is 17.2 Å². The van der Waals surface area contributed by atoms with Crippen LogP contribution in [0.5, 0.6) is 5.88 Å². The van der Waals surface area contributed by atoms with Crippen molar-refractivity contribution in [2.24, 2.45) is 0 Å². The van der Waals surface area contributed by atoms with E-state index in [1.54, 1.807) is 12.1 Å². The quantitative estimate of drug-likeness (QED) is 0.584. The molecule has 0 N–H and O–H groups in total. The lowest BCUT2D eigenvalue weighted by Gasteiger charge is -2.08. The Morgan fingerprint density at radius 1 is 1.11 bits per heavy atom. The number of rotatable bonds is 2. The third kappa shape index (κ3) is 2.69. The van der Waals surface area contributed by atoms with E-state index in [4.69, 9.17) is 39.5 Å². The van der Waals surface area contributed by atoms with Crippen LogP contribution >= 0.6 is 34.8 Å². The largest absolute Gasteiger partial charge is 0.481 e. The summed E-state index contributed by atoms with van der Waals surface area (Å²) in [6.45, 7) is 0. The van der Waals surface area contributed by atoms with Gasteiger partial charge < -0.3 is 4.74 Å². The Kier molecular flexibility index (Phi) is 3.95. The first-order valence-electron chi connectivity index (χ1n) is 4.87. The number of methoxy groups -OCH3 is 1. The van der Waals surface area contributed by atoms with Crippen LogP contribution in [0, 0.1) is 5.95 Å². The van der Waals surface area contributed by atoms with Crippen LogP contribution in [-0.4, -0.2) is 12.1 Å². The van der Waals surface area contributed by atoms with E-state index >= 15 is 0 Å². The Labute approximate surface area is 118 Å². The monoisotopic (exact) mass is 305 g/mol. The summed E-state index contributed by atoms with van der Waals surface area (Å²) in [6, 6.07) is 5.90. The first-order chi connectivity index (χ1) is 8.51. The van der Waals surface area contributed by atoms with Crippen molar-refractivity contribution in [2.75, 3.05) is 7.11 Å². The Hall–Kier alpha value is -1.03. The molecule has 0 atom stereocenters. The molecule has 0 fully saturated rings. The lowest BCUT2D eigenvalue weighted by Crippen LogP contribution is -1.92. The van der Waals surface area contributed by atoms with Gasteiger partial charge in [-0.25, -0.2) is 0 Å². The molecule has 0 spiro atoms. The number of pyridine rings is 1. The van der Waals surface area contributed by atoms with Crippen LogP contribution in [0.2, 0.25) is 15.1 Å². The van der Waals surface area contributed by atoms with Gasteiger partial charge in [-0.1, -0.05) is 34.8 Å². The zero-order chi connectivity index (χ0) is 13.3. The zero-order valence-corrected chi connectivity index (χ0v) is 11.4. The highest BCUT2D eigenvalue weighted by atomic mass is 35.5. The fraction of sp³-hybridized carbons (Fsp3) is 0.0833. The molecule has 1 aromatic heterocycles. The summed E-state index contributed by atoms with van der Waals surface area (Å²) in [5.41, 5.74) is 1.02. The molecule has 0 unspecified atom stereocenters. The molecule has 6 heteroatoms. The van der Waals surface area contributed by atoms with E-state index in [9.17, 15) is 4.39 Å². The van der Waals surface area contributed by atoms with Crippen molar-refractivity contribution >= 4 is 34.8 Å². The van der Waals surface area contributed by atoms with Crippen LogP contribution in [0.3, 0.4) is 0 Å². The van der Waals surface area contributed by atoms with Gasteiger partial charge in [0.15, 0.2) is 0 Å². The van der Waals surface area contributed by atoms with E-state index in [1.807, 2.05) is 0 Å². The van der Waals surface area contributed by atoms with Gasteiger partial charge >= 0.3 is 0 Å². The number of ether oxygens (including phenoxy) is 1. The Balaban J connectivity index is 2.65. The fourth-order valence-corrected chi connectivity index (χ4v) is 2.21. The van der Waals surface area contributed by atoms with Crippen LogP contribution < -0.4 is 4.74 Å². The smallest absolute Gasteiger partial charge is 0.216 e. The van der Waals surface area contributed by atoms with E-state index in [0.29, 0.717) is 26.2 Å². The molecule has 2 nitrogen and oxygen atoms in total. The van der Waals surface area contributed by atoms with Crippen LogP contribution in [0.15, 0.2) is 24.3 Å². The maximum absolute atomic E-state index is 13.3. The third-order valence-corrected chi connectivity index (χ3v) is 3.30. The van der Waals surface area contributed by atoms with E-state index in [2.05, 4.69) is 4.98 Å². The van der Waals surface area contributed by atoms with Gasteiger partial charge in [0.25, 0.3) is 0 Å². The molecular formula is C12H7Cl3FNO. The molecule has 18 heavy (non-hydrogen) atoms. The molecule has 0 bridgehead atoms. The lowest BCUT2D eigenvalue weighted by molar-refractivity contribution is 0.388. The molecular weight excluding hydrogens is 299 g/mol. The van der Waals surface area contributed by atoms with Crippen molar-refractivity contribution in [3.8, 4) is 17.0 Å². The van der Waals surface area contributed by atoms with Crippen LogP contribution in [0.4, 0.5) is 4.39 Å². The van der Waals surface area contributed by atoms with Gasteiger partial charge in [0.1, 0.15) is 0 Å². The van der Waals surface area contributed by atoms with E-state index in [1.165, 1.54) is 19.2 Å². The molecule has 1 aromatic carbocycles. The topological polar surface area (TPSA) is 22.1 Å². The normalized spacial score (nSPS) is 10.5. The molecule has 2 aromatic rings. The highest BCUT2D eigenvalue weighted by Crippen LogP contribution is 2.37. The second kappa shape index (κ2) is 5.31. The van der Waals surface area contributed by atoms with Gasteiger partial charge in [-0.05, 0) is 17.7 Å². The predicted molar refractivity (Wildman–Crippen MR) is 71.2 cm³/mol. The summed E-state index contributed by atoms with van der Waals surface area (Å²) < 4.78 is 18.2. The Morgan fingerprint density at radius 2 is 1.83 bits per heavy atom. The molecule has 2 rings (SSSR count). The summed E-state index contributed by atoms with van der Waals surface area (Å²) in [7, 11) is 1.40. The number of nitrogens with zero attached hydrogens (tertiary/aromatic N) is 1. The molecule has 0 aliphatic carbocycles. The SMILES string of the molecule is COc1cc(-c2cc(Cl)cc(Cl)c2Cl)cc(F)n1. The van der Waals surface area contributed by atoms with Crippen molar-refractivity contribution in [1.82, 2.24) is 4.98 Å². The highest BCUT2D eigenvalue weighted by molar-refractivity contribution is 6.45. The fourth-order valence-electron chi connectivity index (χ4n) is 1.50. The summed E-state index contributed by atoms with van der Waals surface area (Å²) in [5, 5.41) is 1.01. The molecule has 0 aliphatic rings. The maximum Gasteiger partial charge on any atom is 0.216 e. The Bertz CT molecular complexity index is 604.